The normalized spacial score (nSPS) is 13.9. The molecule has 0 unspecified atom stereocenters. The maximum absolute atomic E-state index is 13.2. The summed E-state index contributed by atoms with van der Waals surface area (Å²) in [6.07, 6.45) is 0.555. The van der Waals surface area contributed by atoms with Gasteiger partial charge in [-0.25, -0.2) is 12.8 Å². The van der Waals surface area contributed by atoms with Gasteiger partial charge in [0.2, 0.25) is 10.0 Å². The Labute approximate surface area is 193 Å². The van der Waals surface area contributed by atoms with Gasteiger partial charge in [0, 0.05) is 18.8 Å². The number of nitrogens with zero attached hydrogens (tertiary/aromatic N) is 1. The third kappa shape index (κ3) is 5.23. The quantitative estimate of drug-likeness (QED) is 0.588. The molecule has 0 aliphatic carbocycles. The minimum absolute atomic E-state index is 0.0558. The largest absolute Gasteiger partial charge is 0.484 e. The second kappa shape index (κ2) is 9.33. The van der Waals surface area contributed by atoms with E-state index in [0.717, 1.165) is 34.4 Å². The standard InChI is InChI=1S/C25H25FN2O4S/c1-17-3-8-23(13-18(17)2)32-16-25(29)27-22-7-4-19-11-12-28(15-20(19)14-22)33(30,31)24-9-5-21(26)6-10-24/h3-10,13-14H,11-12,15-16H2,1-2H3,(H,27,29). The van der Waals surface area contributed by atoms with Crippen molar-refractivity contribution < 1.29 is 22.3 Å². The first-order valence-corrected chi connectivity index (χ1v) is 12.0. The van der Waals surface area contributed by atoms with Crippen molar-refractivity contribution in [1.29, 1.82) is 0 Å². The molecule has 0 aromatic heterocycles. The van der Waals surface area contributed by atoms with Gasteiger partial charge in [-0.2, -0.15) is 4.31 Å². The summed E-state index contributed by atoms with van der Waals surface area (Å²) in [5.74, 6) is -0.167. The third-order valence-electron chi connectivity index (χ3n) is 5.77. The summed E-state index contributed by atoms with van der Waals surface area (Å²) in [5.41, 5.74) is 4.66. The monoisotopic (exact) mass is 468 g/mol. The molecule has 0 saturated carbocycles. The third-order valence-corrected chi connectivity index (χ3v) is 7.63. The fourth-order valence-electron chi connectivity index (χ4n) is 3.72. The van der Waals surface area contributed by atoms with Crippen molar-refractivity contribution in [3.05, 3.63) is 88.7 Å². The number of fused-ring (bicyclic) bond motifs is 1. The second-order valence-electron chi connectivity index (χ2n) is 8.11. The van der Waals surface area contributed by atoms with E-state index in [4.69, 9.17) is 4.74 Å². The Hall–Kier alpha value is -3.23. The number of hydrogen-bond acceptors (Lipinski definition) is 4. The second-order valence-corrected chi connectivity index (χ2v) is 10.0. The number of anilines is 1. The molecule has 4 rings (SSSR count). The molecule has 6 nitrogen and oxygen atoms in total. The minimum Gasteiger partial charge on any atom is -0.484 e. The average Bonchev–Trinajstić information content (AvgIpc) is 2.79. The van der Waals surface area contributed by atoms with E-state index in [9.17, 15) is 17.6 Å². The van der Waals surface area contributed by atoms with Gasteiger partial charge in [0.15, 0.2) is 6.61 Å². The number of hydrogen-bond donors (Lipinski definition) is 1. The van der Waals surface area contributed by atoms with Crippen molar-refractivity contribution in [2.45, 2.75) is 31.7 Å². The van der Waals surface area contributed by atoms with Gasteiger partial charge in [-0.15, -0.1) is 0 Å². The summed E-state index contributed by atoms with van der Waals surface area (Å²) in [5, 5.41) is 2.81. The number of carbonyl (C=O) groups excluding carboxylic acids is 1. The lowest BCUT2D eigenvalue weighted by Crippen LogP contribution is -2.36. The number of aryl methyl sites for hydroxylation is 2. The van der Waals surface area contributed by atoms with Crippen LogP contribution in [0.5, 0.6) is 5.75 Å². The first-order valence-electron chi connectivity index (χ1n) is 10.6. The van der Waals surface area contributed by atoms with Crippen LogP contribution in [0.1, 0.15) is 22.3 Å². The first-order chi connectivity index (χ1) is 15.7. The molecule has 0 fully saturated rings. The van der Waals surface area contributed by atoms with Gasteiger partial charge in [-0.05, 0) is 91.1 Å². The van der Waals surface area contributed by atoms with Gasteiger partial charge in [-0.1, -0.05) is 12.1 Å². The van der Waals surface area contributed by atoms with E-state index in [1.54, 1.807) is 12.1 Å². The Morgan fingerprint density at radius 2 is 1.76 bits per heavy atom. The fourth-order valence-corrected chi connectivity index (χ4v) is 5.14. The lowest BCUT2D eigenvalue weighted by atomic mass is 10.0. The van der Waals surface area contributed by atoms with E-state index in [1.165, 1.54) is 16.4 Å². The highest BCUT2D eigenvalue weighted by Crippen LogP contribution is 2.27. The van der Waals surface area contributed by atoms with Crippen LogP contribution in [0.2, 0.25) is 0 Å². The zero-order valence-corrected chi connectivity index (χ0v) is 19.3. The highest BCUT2D eigenvalue weighted by atomic mass is 32.2. The number of halogens is 1. The van der Waals surface area contributed by atoms with Gasteiger partial charge in [0.1, 0.15) is 11.6 Å². The molecular weight excluding hydrogens is 443 g/mol. The highest BCUT2D eigenvalue weighted by molar-refractivity contribution is 7.89. The number of ether oxygens (including phenoxy) is 1. The van der Waals surface area contributed by atoms with Crippen molar-refractivity contribution in [1.82, 2.24) is 4.31 Å². The molecule has 1 N–H and O–H groups in total. The average molecular weight is 469 g/mol. The van der Waals surface area contributed by atoms with Crippen molar-refractivity contribution in [3.8, 4) is 5.75 Å². The molecule has 0 radical (unpaired) electrons. The zero-order valence-electron chi connectivity index (χ0n) is 18.5. The number of sulfonamides is 1. The summed E-state index contributed by atoms with van der Waals surface area (Å²) in [7, 11) is -3.74. The summed E-state index contributed by atoms with van der Waals surface area (Å²) in [4.78, 5) is 12.4. The van der Waals surface area contributed by atoms with Crippen LogP contribution in [0.15, 0.2) is 65.6 Å². The number of benzene rings is 3. The van der Waals surface area contributed by atoms with E-state index in [1.807, 2.05) is 38.1 Å². The smallest absolute Gasteiger partial charge is 0.262 e. The van der Waals surface area contributed by atoms with E-state index >= 15 is 0 Å². The van der Waals surface area contributed by atoms with Crippen LogP contribution in [0, 0.1) is 19.7 Å². The molecule has 1 aliphatic rings. The molecule has 1 amide bonds. The Bertz CT molecular complexity index is 1290. The maximum atomic E-state index is 13.2. The summed E-state index contributed by atoms with van der Waals surface area (Å²) >= 11 is 0. The predicted octanol–water partition coefficient (Wildman–Crippen LogP) is 4.21. The number of nitrogens with one attached hydrogen (secondary N) is 1. The summed E-state index contributed by atoms with van der Waals surface area (Å²) < 4.78 is 46.1. The Balaban J connectivity index is 1.42. The lowest BCUT2D eigenvalue weighted by Gasteiger charge is -2.28. The highest BCUT2D eigenvalue weighted by Gasteiger charge is 2.28. The molecule has 8 heteroatoms. The van der Waals surface area contributed by atoms with E-state index in [-0.39, 0.29) is 24.0 Å². The molecule has 0 bridgehead atoms. The number of amides is 1. The van der Waals surface area contributed by atoms with E-state index in [0.29, 0.717) is 24.4 Å². The zero-order chi connectivity index (χ0) is 23.6. The van der Waals surface area contributed by atoms with Crippen LogP contribution in [-0.2, 0) is 27.8 Å². The molecular formula is C25H25FN2O4S. The van der Waals surface area contributed by atoms with Crippen molar-refractivity contribution >= 4 is 21.6 Å². The van der Waals surface area contributed by atoms with Crippen LogP contribution >= 0.6 is 0 Å². The number of rotatable bonds is 6. The van der Waals surface area contributed by atoms with Crippen LogP contribution in [0.4, 0.5) is 10.1 Å². The summed E-state index contributed by atoms with van der Waals surface area (Å²) in [6.45, 7) is 4.37. The predicted molar refractivity (Wildman–Crippen MR) is 124 cm³/mol. The van der Waals surface area contributed by atoms with E-state index < -0.39 is 15.8 Å². The van der Waals surface area contributed by atoms with Crippen molar-refractivity contribution in [3.63, 3.8) is 0 Å². The molecule has 3 aromatic rings. The molecule has 3 aromatic carbocycles. The van der Waals surface area contributed by atoms with Crippen LogP contribution in [0.25, 0.3) is 0 Å². The molecule has 0 atom stereocenters. The molecule has 1 aliphatic heterocycles. The molecule has 0 spiro atoms. The Kier molecular flexibility index (Phi) is 6.49. The van der Waals surface area contributed by atoms with Gasteiger partial charge in [0.25, 0.3) is 5.91 Å². The fraction of sp³-hybridized carbons (Fsp3) is 0.240. The van der Waals surface area contributed by atoms with Crippen molar-refractivity contribution in [2.24, 2.45) is 0 Å². The van der Waals surface area contributed by atoms with Gasteiger partial charge >= 0.3 is 0 Å². The van der Waals surface area contributed by atoms with Gasteiger partial charge in [0.05, 0.1) is 4.90 Å². The lowest BCUT2D eigenvalue weighted by molar-refractivity contribution is -0.118. The Morgan fingerprint density at radius 1 is 1.00 bits per heavy atom. The molecule has 1 heterocycles. The van der Waals surface area contributed by atoms with Crippen LogP contribution in [0.3, 0.4) is 0 Å². The van der Waals surface area contributed by atoms with E-state index in [2.05, 4.69) is 5.32 Å². The summed E-state index contributed by atoms with van der Waals surface area (Å²) in [6, 6.07) is 16.0. The first kappa shape index (κ1) is 22.9. The van der Waals surface area contributed by atoms with Crippen molar-refractivity contribution in [2.75, 3.05) is 18.5 Å². The van der Waals surface area contributed by atoms with Crippen LogP contribution in [-0.4, -0.2) is 31.8 Å². The number of carbonyl (C=O) groups is 1. The minimum atomic E-state index is -3.74. The molecule has 172 valence electrons. The molecule has 33 heavy (non-hydrogen) atoms. The topological polar surface area (TPSA) is 75.7 Å². The van der Waals surface area contributed by atoms with Gasteiger partial charge < -0.3 is 10.1 Å². The Morgan fingerprint density at radius 3 is 2.48 bits per heavy atom. The van der Waals surface area contributed by atoms with Gasteiger partial charge in [-0.3, -0.25) is 4.79 Å². The molecule has 0 saturated heterocycles. The van der Waals surface area contributed by atoms with Crippen LogP contribution < -0.4 is 10.1 Å². The SMILES string of the molecule is Cc1ccc(OCC(=O)Nc2ccc3c(c2)CN(S(=O)(=O)c2ccc(F)cc2)CC3)cc1C. The maximum Gasteiger partial charge on any atom is 0.262 e.